The number of rotatable bonds is 5. The summed E-state index contributed by atoms with van der Waals surface area (Å²) in [6.45, 7) is 1.43. The minimum Gasteiger partial charge on any atom is -0.488 e. The lowest BCUT2D eigenvalue weighted by Crippen LogP contribution is -2.06. The van der Waals surface area contributed by atoms with E-state index in [-0.39, 0.29) is 0 Å². The van der Waals surface area contributed by atoms with Gasteiger partial charge < -0.3 is 10.1 Å². The molecule has 0 saturated heterocycles. The minimum absolute atomic E-state index is 0.608. The first-order chi connectivity index (χ1) is 8.69. The van der Waals surface area contributed by atoms with Crippen molar-refractivity contribution in [1.29, 1.82) is 0 Å². The van der Waals surface area contributed by atoms with Crippen LogP contribution >= 0.6 is 43.2 Å². The third-order valence-corrected chi connectivity index (χ3v) is 4.77. The fraction of sp³-hybridized carbons (Fsp3) is 0.231. The monoisotopic (exact) mass is 389 g/mol. The van der Waals surface area contributed by atoms with Crippen molar-refractivity contribution in [3.05, 3.63) is 49.0 Å². The van der Waals surface area contributed by atoms with Gasteiger partial charge in [-0.3, -0.25) is 0 Å². The van der Waals surface area contributed by atoms with E-state index in [1.54, 1.807) is 11.3 Å². The van der Waals surface area contributed by atoms with Crippen molar-refractivity contribution < 1.29 is 4.74 Å². The van der Waals surface area contributed by atoms with Gasteiger partial charge in [0, 0.05) is 15.9 Å². The molecule has 1 aromatic heterocycles. The molecule has 1 aromatic carbocycles. The van der Waals surface area contributed by atoms with E-state index in [0.717, 1.165) is 20.6 Å². The average molecular weight is 391 g/mol. The van der Waals surface area contributed by atoms with Crippen LogP contribution in [0.4, 0.5) is 0 Å². The number of hydrogen-bond donors (Lipinski definition) is 1. The van der Waals surface area contributed by atoms with Crippen LogP contribution in [0, 0.1) is 0 Å². The van der Waals surface area contributed by atoms with Crippen LogP contribution in [0.25, 0.3) is 0 Å². The quantitative estimate of drug-likeness (QED) is 0.807. The third-order valence-electron chi connectivity index (χ3n) is 2.39. The molecule has 0 atom stereocenters. The highest BCUT2D eigenvalue weighted by Crippen LogP contribution is 2.26. The smallest absolute Gasteiger partial charge is 0.122 e. The van der Waals surface area contributed by atoms with Crippen molar-refractivity contribution in [3.8, 4) is 5.75 Å². The van der Waals surface area contributed by atoms with Gasteiger partial charge in [-0.05, 0) is 58.9 Å². The van der Waals surface area contributed by atoms with Gasteiger partial charge >= 0.3 is 0 Å². The Morgan fingerprint density at radius 2 is 2.06 bits per heavy atom. The van der Waals surface area contributed by atoms with Gasteiger partial charge in [-0.2, -0.15) is 0 Å². The highest BCUT2D eigenvalue weighted by molar-refractivity contribution is 9.11. The molecule has 1 N–H and O–H groups in total. The number of ether oxygens (including phenoxy) is 1. The molecule has 0 radical (unpaired) electrons. The van der Waals surface area contributed by atoms with Crippen LogP contribution < -0.4 is 10.1 Å². The van der Waals surface area contributed by atoms with Gasteiger partial charge in [-0.1, -0.05) is 15.9 Å². The lowest BCUT2D eigenvalue weighted by Gasteiger charge is -2.08. The topological polar surface area (TPSA) is 21.3 Å². The van der Waals surface area contributed by atoms with Crippen LogP contribution in [0.5, 0.6) is 5.75 Å². The van der Waals surface area contributed by atoms with E-state index in [9.17, 15) is 0 Å². The highest BCUT2D eigenvalue weighted by Gasteiger charge is 2.03. The Morgan fingerprint density at radius 1 is 1.22 bits per heavy atom. The molecule has 0 spiro atoms. The summed E-state index contributed by atoms with van der Waals surface area (Å²) >= 11 is 8.67. The maximum Gasteiger partial charge on any atom is 0.122 e. The SMILES string of the molecule is CNCc1cc(OCc2ccc(Br)s2)ccc1Br. The van der Waals surface area contributed by atoms with Gasteiger partial charge in [0.1, 0.15) is 12.4 Å². The summed E-state index contributed by atoms with van der Waals surface area (Å²) in [5.41, 5.74) is 1.20. The van der Waals surface area contributed by atoms with Crippen molar-refractivity contribution in [2.75, 3.05) is 7.05 Å². The molecule has 0 bridgehead atoms. The third kappa shape index (κ3) is 3.82. The molecule has 0 unspecified atom stereocenters. The Balaban J connectivity index is 2.03. The molecule has 0 aliphatic heterocycles. The van der Waals surface area contributed by atoms with Gasteiger partial charge in [0.2, 0.25) is 0 Å². The average Bonchev–Trinajstić information content (AvgIpc) is 2.76. The largest absolute Gasteiger partial charge is 0.488 e. The first kappa shape index (κ1) is 14.1. The summed E-state index contributed by atoms with van der Waals surface area (Å²) in [7, 11) is 1.93. The summed E-state index contributed by atoms with van der Waals surface area (Å²) in [6.07, 6.45) is 0. The summed E-state index contributed by atoms with van der Waals surface area (Å²) in [6, 6.07) is 10.2. The van der Waals surface area contributed by atoms with Crippen LogP contribution in [-0.4, -0.2) is 7.05 Å². The van der Waals surface area contributed by atoms with E-state index in [2.05, 4.69) is 49.3 Å². The number of nitrogens with one attached hydrogen (secondary N) is 1. The zero-order chi connectivity index (χ0) is 13.0. The second-order valence-electron chi connectivity index (χ2n) is 3.78. The zero-order valence-corrected chi connectivity index (χ0v) is 13.9. The molecule has 0 aliphatic rings. The van der Waals surface area contributed by atoms with E-state index in [1.165, 1.54) is 10.4 Å². The van der Waals surface area contributed by atoms with Crippen molar-refractivity contribution in [3.63, 3.8) is 0 Å². The highest BCUT2D eigenvalue weighted by atomic mass is 79.9. The Morgan fingerprint density at radius 3 is 2.72 bits per heavy atom. The fourth-order valence-electron chi connectivity index (χ4n) is 1.55. The first-order valence-electron chi connectivity index (χ1n) is 5.49. The molecular formula is C13H13Br2NOS. The maximum atomic E-state index is 5.79. The van der Waals surface area contributed by atoms with Crippen LogP contribution in [0.1, 0.15) is 10.4 Å². The molecule has 0 aliphatic carbocycles. The van der Waals surface area contributed by atoms with E-state index in [4.69, 9.17) is 4.74 Å². The molecule has 0 saturated carbocycles. The van der Waals surface area contributed by atoms with Crippen molar-refractivity contribution >= 4 is 43.2 Å². The van der Waals surface area contributed by atoms with Crippen molar-refractivity contribution in [1.82, 2.24) is 5.32 Å². The van der Waals surface area contributed by atoms with Crippen LogP contribution in [0.15, 0.2) is 38.6 Å². The number of benzene rings is 1. The van der Waals surface area contributed by atoms with Gasteiger partial charge in [0.15, 0.2) is 0 Å². The first-order valence-corrected chi connectivity index (χ1v) is 7.89. The second-order valence-corrected chi connectivity index (χ2v) is 7.18. The molecular weight excluding hydrogens is 378 g/mol. The molecule has 96 valence electrons. The molecule has 1 heterocycles. The Kier molecular flexibility index (Phi) is 5.24. The van der Waals surface area contributed by atoms with Gasteiger partial charge in [0.25, 0.3) is 0 Å². The maximum absolute atomic E-state index is 5.79. The van der Waals surface area contributed by atoms with E-state index in [1.807, 2.05) is 25.2 Å². The molecule has 2 rings (SSSR count). The number of halogens is 2. The zero-order valence-electron chi connectivity index (χ0n) is 9.87. The van der Waals surface area contributed by atoms with Crippen LogP contribution in [0.2, 0.25) is 0 Å². The van der Waals surface area contributed by atoms with Gasteiger partial charge in [-0.25, -0.2) is 0 Å². The molecule has 0 amide bonds. The van der Waals surface area contributed by atoms with E-state index >= 15 is 0 Å². The predicted molar refractivity (Wildman–Crippen MR) is 83.3 cm³/mol. The van der Waals surface area contributed by atoms with E-state index < -0.39 is 0 Å². The van der Waals surface area contributed by atoms with Gasteiger partial charge in [0.05, 0.1) is 3.79 Å². The molecule has 2 nitrogen and oxygen atoms in total. The van der Waals surface area contributed by atoms with Crippen molar-refractivity contribution in [2.45, 2.75) is 13.2 Å². The fourth-order valence-corrected chi connectivity index (χ4v) is 3.33. The molecule has 5 heteroatoms. The Labute approximate surface area is 128 Å². The summed E-state index contributed by atoms with van der Waals surface area (Å²) in [5.74, 6) is 0.896. The van der Waals surface area contributed by atoms with E-state index in [0.29, 0.717) is 6.61 Å². The van der Waals surface area contributed by atoms with Crippen molar-refractivity contribution in [2.24, 2.45) is 0 Å². The summed E-state index contributed by atoms with van der Waals surface area (Å²) < 4.78 is 8.02. The van der Waals surface area contributed by atoms with Gasteiger partial charge in [-0.15, -0.1) is 11.3 Å². The second kappa shape index (κ2) is 6.70. The minimum atomic E-state index is 0.608. The summed E-state index contributed by atoms with van der Waals surface area (Å²) in [4.78, 5) is 1.21. The number of hydrogen-bond acceptors (Lipinski definition) is 3. The standard InChI is InChI=1S/C13H13Br2NOS/c1-16-7-9-6-10(2-4-12(9)14)17-8-11-3-5-13(15)18-11/h2-6,16H,7-8H2,1H3. The Hall–Kier alpha value is -0.360. The molecule has 18 heavy (non-hydrogen) atoms. The predicted octanol–water partition coefficient (Wildman–Crippen LogP) is 4.57. The number of thiophene rings is 1. The molecule has 2 aromatic rings. The summed E-state index contributed by atoms with van der Waals surface area (Å²) in [5, 5.41) is 3.14. The lowest BCUT2D eigenvalue weighted by atomic mass is 10.2. The normalized spacial score (nSPS) is 10.6. The molecule has 0 fully saturated rings. The Bertz CT molecular complexity index is 527. The lowest BCUT2D eigenvalue weighted by molar-refractivity contribution is 0.309. The van der Waals surface area contributed by atoms with Crippen LogP contribution in [-0.2, 0) is 13.2 Å². The van der Waals surface area contributed by atoms with Crippen LogP contribution in [0.3, 0.4) is 0 Å².